The largest absolute Gasteiger partial charge is 0.456 e. The van der Waals surface area contributed by atoms with Gasteiger partial charge in [-0.3, -0.25) is 9.67 Å². The molecule has 2 aromatic rings. The number of hydrogen-bond donors (Lipinski definition) is 1. The topological polar surface area (TPSA) is 50.9 Å². The van der Waals surface area contributed by atoms with Crippen LogP contribution in [0.25, 0.3) is 11.4 Å². The molecule has 0 aliphatic carbocycles. The van der Waals surface area contributed by atoms with Gasteiger partial charge in [0.05, 0.1) is 18.4 Å². The molecule has 2 rings (SSSR count). The van der Waals surface area contributed by atoms with Crippen molar-refractivity contribution in [3.05, 3.63) is 36.4 Å². The summed E-state index contributed by atoms with van der Waals surface area (Å²) in [6, 6.07) is 3.65. The molecule has 0 radical (unpaired) electrons. The Labute approximate surface area is 126 Å². The van der Waals surface area contributed by atoms with E-state index in [9.17, 15) is 31.4 Å². The van der Waals surface area contributed by atoms with Crippen LogP contribution in [0.3, 0.4) is 0 Å². The lowest BCUT2D eigenvalue weighted by molar-refractivity contribution is -0.340. The summed E-state index contributed by atoms with van der Waals surface area (Å²) in [6.45, 7) is -0.724. The molecule has 0 aliphatic rings. The smallest absolute Gasteiger partial charge is 0.382 e. The first-order valence-corrected chi connectivity index (χ1v) is 6.26. The van der Waals surface area contributed by atoms with E-state index < -0.39 is 30.1 Å². The molecule has 1 unspecified atom stereocenters. The molecule has 4 nitrogen and oxygen atoms in total. The quantitative estimate of drug-likeness (QED) is 0.871. The number of halogens is 6. The maximum absolute atomic E-state index is 13.3. The summed E-state index contributed by atoms with van der Waals surface area (Å²) in [6.07, 6.45) is -3.88. The minimum atomic E-state index is -5.90. The third-order valence-corrected chi connectivity index (χ3v) is 3.13. The molecule has 0 spiro atoms. The maximum atomic E-state index is 13.3. The zero-order valence-corrected chi connectivity index (χ0v) is 11.7. The highest BCUT2D eigenvalue weighted by Gasteiger charge is 2.68. The first kappa shape index (κ1) is 17.3. The van der Waals surface area contributed by atoms with Crippen molar-refractivity contribution in [2.45, 2.75) is 31.2 Å². The molecular formula is C13H11F6N3O. The molecule has 0 aromatic carbocycles. The van der Waals surface area contributed by atoms with Crippen molar-refractivity contribution in [1.82, 2.24) is 14.8 Å². The van der Waals surface area contributed by atoms with Crippen LogP contribution in [0.15, 0.2) is 30.6 Å². The standard InChI is InChI=1S/C13H11F6N3O/c1-11(23,12(15,16)13(17,18)19)7-22-5-4-10(21-22)9-3-2-8(14)6-20-9/h2-6,23H,7H2,1H3. The van der Waals surface area contributed by atoms with Crippen molar-refractivity contribution in [3.63, 3.8) is 0 Å². The van der Waals surface area contributed by atoms with Crippen LogP contribution >= 0.6 is 0 Å². The van der Waals surface area contributed by atoms with E-state index >= 15 is 0 Å². The molecule has 126 valence electrons. The fraction of sp³-hybridized carbons (Fsp3) is 0.385. The zero-order valence-electron chi connectivity index (χ0n) is 11.7. The van der Waals surface area contributed by atoms with Gasteiger partial charge < -0.3 is 5.11 Å². The van der Waals surface area contributed by atoms with E-state index in [1.54, 1.807) is 0 Å². The van der Waals surface area contributed by atoms with Gasteiger partial charge in [-0.2, -0.15) is 27.1 Å². The van der Waals surface area contributed by atoms with Gasteiger partial charge >= 0.3 is 12.1 Å². The van der Waals surface area contributed by atoms with Crippen LogP contribution in [0, 0.1) is 5.82 Å². The second kappa shape index (κ2) is 5.52. The Hall–Kier alpha value is -2.10. The summed E-state index contributed by atoms with van der Waals surface area (Å²) in [5.41, 5.74) is -3.06. The van der Waals surface area contributed by atoms with Crippen LogP contribution in [-0.2, 0) is 6.54 Å². The zero-order chi connectivity index (χ0) is 17.5. The maximum Gasteiger partial charge on any atom is 0.456 e. The van der Waals surface area contributed by atoms with Crippen molar-refractivity contribution in [3.8, 4) is 11.4 Å². The lowest BCUT2D eigenvalue weighted by atomic mass is 9.97. The van der Waals surface area contributed by atoms with E-state index in [1.165, 1.54) is 12.1 Å². The lowest BCUT2D eigenvalue weighted by Gasteiger charge is -2.33. The van der Waals surface area contributed by atoms with E-state index in [4.69, 9.17) is 0 Å². The van der Waals surface area contributed by atoms with E-state index in [0.717, 1.165) is 23.1 Å². The lowest BCUT2D eigenvalue weighted by Crippen LogP contribution is -2.57. The third-order valence-electron chi connectivity index (χ3n) is 3.13. The molecule has 1 N–H and O–H groups in total. The normalized spacial score (nSPS) is 15.5. The highest BCUT2D eigenvalue weighted by molar-refractivity contribution is 5.52. The number of aliphatic hydroxyl groups is 1. The van der Waals surface area contributed by atoms with Crippen molar-refractivity contribution in [1.29, 1.82) is 0 Å². The molecule has 2 heterocycles. The summed E-state index contributed by atoms with van der Waals surface area (Å²) in [5, 5.41) is 13.3. The van der Waals surface area contributed by atoms with Crippen molar-refractivity contribution in [2.24, 2.45) is 0 Å². The summed E-state index contributed by atoms with van der Waals surface area (Å²) in [7, 11) is 0. The third kappa shape index (κ3) is 3.31. The van der Waals surface area contributed by atoms with Crippen molar-refractivity contribution in [2.75, 3.05) is 0 Å². The predicted octanol–water partition coefficient (Wildman–Crippen LogP) is 3.03. The molecule has 0 saturated heterocycles. The van der Waals surface area contributed by atoms with Gasteiger partial charge in [0.2, 0.25) is 0 Å². The minimum Gasteiger partial charge on any atom is -0.382 e. The molecule has 2 aromatic heterocycles. The summed E-state index contributed by atoms with van der Waals surface area (Å²) < 4.78 is 77.2. The molecular weight excluding hydrogens is 328 g/mol. The Bertz CT molecular complexity index is 678. The Morgan fingerprint density at radius 3 is 2.26 bits per heavy atom. The summed E-state index contributed by atoms with van der Waals surface area (Å²) >= 11 is 0. The van der Waals surface area contributed by atoms with Crippen molar-refractivity contribution < 1.29 is 31.4 Å². The van der Waals surface area contributed by atoms with E-state index in [1.807, 2.05) is 0 Å². The van der Waals surface area contributed by atoms with Gasteiger partial charge in [0.25, 0.3) is 0 Å². The first-order valence-electron chi connectivity index (χ1n) is 6.26. The summed E-state index contributed by atoms with van der Waals surface area (Å²) in [5.74, 6) is -5.92. The van der Waals surface area contributed by atoms with Crippen LogP contribution < -0.4 is 0 Å². The van der Waals surface area contributed by atoms with Gasteiger partial charge in [0.1, 0.15) is 11.5 Å². The monoisotopic (exact) mass is 339 g/mol. The average Bonchev–Trinajstić information content (AvgIpc) is 2.85. The molecule has 0 fully saturated rings. The Balaban J connectivity index is 2.23. The predicted molar refractivity (Wildman–Crippen MR) is 67.0 cm³/mol. The molecule has 0 aliphatic heterocycles. The fourth-order valence-electron chi connectivity index (χ4n) is 1.83. The average molecular weight is 339 g/mol. The molecule has 0 amide bonds. The Morgan fingerprint density at radius 2 is 1.74 bits per heavy atom. The van der Waals surface area contributed by atoms with Gasteiger partial charge in [0, 0.05) is 6.20 Å². The van der Waals surface area contributed by atoms with Crippen molar-refractivity contribution >= 4 is 0 Å². The van der Waals surface area contributed by atoms with Crippen LogP contribution in [0.2, 0.25) is 0 Å². The molecule has 10 heteroatoms. The van der Waals surface area contributed by atoms with E-state index in [-0.39, 0.29) is 11.4 Å². The number of alkyl halides is 5. The second-order valence-corrected chi connectivity index (χ2v) is 5.11. The van der Waals surface area contributed by atoms with Crippen LogP contribution in [-0.4, -0.2) is 37.6 Å². The number of nitrogens with zero attached hydrogens (tertiary/aromatic N) is 3. The molecule has 1 atom stereocenters. The number of pyridine rings is 1. The van der Waals surface area contributed by atoms with Crippen LogP contribution in [0.1, 0.15) is 6.92 Å². The van der Waals surface area contributed by atoms with Gasteiger partial charge in [-0.1, -0.05) is 0 Å². The highest BCUT2D eigenvalue weighted by atomic mass is 19.4. The highest BCUT2D eigenvalue weighted by Crippen LogP contribution is 2.44. The van der Waals surface area contributed by atoms with Gasteiger partial charge in [-0.15, -0.1) is 0 Å². The van der Waals surface area contributed by atoms with Gasteiger partial charge in [0.15, 0.2) is 5.60 Å². The number of rotatable bonds is 4. The SMILES string of the molecule is CC(O)(Cn1ccc(-c2ccc(F)cn2)n1)C(F)(F)C(F)(F)F. The Morgan fingerprint density at radius 1 is 1.09 bits per heavy atom. The molecule has 0 bridgehead atoms. The minimum absolute atomic E-state index is 0.135. The van der Waals surface area contributed by atoms with Gasteiger partial charge in [-0.05, 0) is 25.1 Å². The van der Waals surface area contributed by atoms with Crippen LogP contribution in [0.5, 0.6) is 0 Å². The first-order chi connectivity index (χ1) is 10.4. The number of hydrogen-bond acceptors (Lipinski definition) is 3. The van der Waals surface area contributed by atoms with Crippen LogP contribution in [0.4, 0.5) is 26.3 Å². The molecule has 0 saturated carbocycles. The second-order valence-electron chi connectivity index (χ2n) is 5.11. The molecule has 23 heavy (non-hydrogen) atoms. The Kier molecular flexibility index (Phi) is 4.14. The summed E-state index contributed by atoms with van der Waals surface area (Å²) in [4.78, 5) is 3.70. The number of aromatic nitrogens is 3. The van der Waals surface area contributed by atoms with E-state index in [2.05, 4.69) is 10.1 Å². The van der Waals surface area contributed by atoms with Gasteiger partial charge in [-0.25, -0.2) is 4.39 Å². The van der Waals surface area contributed by atoms with E-state index in [0.29, 0.717) is 6.92 Å². The fourth-order valence-corrected chi connectivity index (χ4v) is 1.83.